The van der Waals surface area contributed by atoms with Crippen molar-refractivity contribution in [2.75, 3.05) is 18.1 Å². The number of halogens is 1. The Bertz CT molecular complexity index is 633. The smallest absolute Gasteiger partial charge is 0.278 e. The highest BCUT2D eigenvalue weighted by Gasteiger charge is 2.25. The predicted octanol–water partition coefficient (Wildman–Crippen LogP) is 2.28. The fraction of sp³-hybridized carbons (Fsp3) is 0.154. The molecule has 0 bridgehead atoms. The van der Waals surface area contributed by atoms with Gasteiger partial charge in [0.2, 0.25) is 0 Å². The molecule has 1 aliphatic heterocycles. The molecular weight excluding hydrogens is 310 g/mol. The molecule has 6 heteroatoms. The maximum Gasteiger partial charge on any atom is 0.278 e. The van der Waals surface area contributed by atoms with Crippen LogP contribution in [0.2, 0.25) is 0 Å². The van der Waals surface area contributed by atoms with E-state index >= 15 is 0 Å². The summed E-state index contributed by atoms with van der Waals surface area (Å²) in [7, 11) is 0. The number of anilines is 1. The number of amides is 1. The molecule has 0 aliphatic carbocycles. The Labute approximate surface area is 118 Å². The number of carbonyl (C=O) groups is 1. The van der Waals surface area contributed by atoms with Crippen LogP contribution in [0.15, 0.2) is 41.3 Å². The molecule has 0 saturated heterocycles. The van der Waals surface area contributed by atoms with Crippen LogP contribution in [0.5, 0.6) is 5.75 Å². The molecule has 1 aromatic carbocycles. The standard InChI is InChI=1S/C13H10BrN3O2/c14-12-8-15-7-9(16-12)13(18)17-5-6-19-11-4-2-1-3-10(11)17/h1-4,7-8H,5-6H2. The van der Waals surface area contributed by atoms with E-state index in [0.29, 0.717) is 29.2 Å². The van der Waals surface area contributed by atoms with Gasteiger partial charge in [0, 0.05) is 0 Å². The topological polar surface area (TPSA) is 55.3 Å². The van der Waals surface area contributed by atoms with Gasteiger partial charge in [-0.15, -0.1) is 0 Å². The van der Waals surface area contributed by atoms with Gasteiger partial charge in [-0.1, -0.05) is 12.1 Å². The highest BCUT2D eigenvalue weighted by Crippen LogP contribution is 2.31. The molecule has 96 valence electrons. The highest BCUT2D eigenvalue weighted by molar-refractivity contribution is 9.10. The summed E-state index contributed by atoms with van der Waals surface area (Å²) in [5.41, 5.74) is 1.08. The monoisotopic (exact) mass is 319 g/mol. The number of para-hydroxylation sites is 2. The van der Waals surface area contributed by atoms with E-state index < -0.39 is 0 Å². The van der Waals surface area contributed by atoms with E-state index in [1.165, 1.54) is 6.20 Å². The van der Waals surface area contributed by atoms with Crippen LogP contribution in [0.25, 0.3) is 0 Å². The molecule has 1 amide bonds. The van der Waals surface area contributed by atoms with Crippen LogP contribution in [0.1, 0.15) is 10.5 Å². The number of ether oxygens (including phenoxy) is 1. The van der Waals surface area contributed by atoms with Crippen molar-refractivity contribution in [3.8, 4) is 5.75 Å². The molecule has 5 nitrogen and oxygen atoms in total. The average Bonchev–Trinajstić information content (AvgIpc) is 2.46. The van der Waals surface area contributed by atoms with Gasteiger partial charge in [-0.25, -0.2) is 4.98 Å². The maximum atomic E-state index is 12.5. The molecule has 2 heterocycles. The summed E-state index contributed by atoms with van der Waals surface area (Å²) in [5, 5.41) is 0. The second-order valence-corrected chi connectivity index (χ2v) is 4.81. The van der Waals surface area contributed by atoms with Crippen LogP contribution in [0.3, 0.4) is 0 Å². The number of benzene rings is 1. The first kappa shape index (κ1) is 12.1. The summed E-state index contributed by atoms with van der Waals surface area (Å²) in [6.45, 7) is 0.980. The largest absolute Gasteiger partial charge is 0.490 e. The molecule has 1 aromatic heterocycles. The highest BCUT2D eigenvalue weighted by atomic mass is 79.9. The maximum absolute atomic E-state index is 12.5. The molecule has 3 rings (SSSR count). The molecule has 0 atom stereocenters. The first-order valence-corrected chi connectivity index (χ1v) is 6.56. The van der Waals surface area contributed by atoms with Gasteiger partial charge in [0.05, 0.1) is 24.6 Å². The zero-order valence-corrected chi connectivity index (χ0v) is 11.5. The molecule has 2 aromatic rings. The van der Waals surface area contributed by atoms with Crippen LogP contribution >= 0.6 is 15.9 Å². The molecule has 0 fully saturated rings. The van der Waals surface area contributed by atoms with Crippen molar-refractivity contribution in [3.05, 3.63) is 47.0 Å². The van der Waals surface area contributed by atoms with E-state index in [0.717, 1.165) is 5.69 Å². The lowest BCUT2D eigenvalue weighted by molar-refractivity contribution is 0.0971. The van der Waals surface area contributed by atoms with E-state index in [9.17, 15) is 4.79 Å². The lowest BCUT2D eigenvalue weighted by Gasteiger charge is -2.29. The summed E-state index contributed by atoms with van der Waals surface area (Å²) >= 11 is 3.22. The van der Waals surface area contributed by atoms with Gasteiger partial charge < -0.3 is 9.64 Å². The van der Waals surface area contributed by atoms with Gasteiger partial charge in [-0.2, -0.15) is 0 Å². The minimum absolute atomic E-state index is 0.176. The lowest BCUT2D eigenvalue weighted by atomic mass is 10.2. The number of hydrogen-bond donors (Lipinski definition) is 0. The van der Waals surface area contributed by atoms with Gasteiger partial charge in [0.1, 0.15) is 22.7 Å². The number of fused-ring (bicyclic) bond motifs is 1. The number of nitrogens with zero attached hydrogens (tertiary/aromatic N) is 3. The van der Waals surface area contributed by atoms with Crippen LogP contribution in [-0.4, -0.2) is 29.0 Å². The van der Waals surface area contributed by atoms with Crippen molar-refractivity contribution in [2.24, 2.45) is 0 Å². The number of carbonyl (C=O) groups excluding carboxylic acids is 1. The summed E-state index contributed by atoms with van der Waals surface area (Å²) in [5.74, 6) is 0.537. The minimum Gasteiger partial charge on any atom is -0.490 e. The zero-order valence-electron chi connectivity index (χ0n) is 9.91. The van der Waals surface area contributed by atoms with Crippen molar-refractivity contribution < 1.29 is 9.53 Å². The van der Waals surface area contributed by atoms with Crippen molar-refractivity contribution in [2.45, 2.75) is 0 Å². The van der Waals surface area contributed by atoms with Crippen LogP contribution in [0.4, 0.5) is 5.69 Å². The Morgan fingerprint density at radius 2 is 2.16 bits per heavy atom. The number of hydrogen-bond acceptors (Lipinski definition) is 4. The van der Waals surface area contributed by atoms with Crippen LogP contribution in [-0.2, 0) is 0 Å². The second-order valence-electron chi connectivity index (χ2n) is 4.00. The van der Waals surface area contributed by atoms with Crippen molar-refractivity contribution >= 4 is 27.5 Å². The Kier molecular flexibility index (Phi) is 3.16. The first-order chi connectivity index (χ1) is 9.25. The van der Waals surface area contributed by atoms with E-state index in [-0.39, 0.29) is 5.91 Å². The van der Waals surface area contributed by atoms with Gasteiger partial charge in [0.25, 0.3) is 5.91 Å². The Morgan fingerprint density at radius 1 is 1.32 bits per heavy atom. The Balaban J connectivity index is 1.98. The second kappa shape index (κ2) is 4.97. The summed E-state index contributed by atoms with van der Waals surface area (Å²) in [6, 6.07) is 7.46. The predicted molar refractivity (Wildman–Crippen MR) is 73.3 cm³/mol. The molecule has 0 unspecified atom stereocenters. The van der Waals surface area contributed by atoms with Gasteiger partial charge in [0.15, 0.2) is 0 Å². The average molecular weight is 320 g/mol. The number of rotatable bonds is 1. The molecule has 19 heavy (non-hydrogen) atoms. The van der Waals surface area contributed by atoms with E-state index in [2.05, 4.69) is 25.9 Å². The van der Waals surface area contributed by atoms with Crippen molar-refractivity contribution in [1.82, 2.24) is 9.97 Å². The van der Waals surface area contributed by atoms with Crippen molar-refractivity contribution in [1.29, 1.82) is 0 Å². The van der Waals surface area contributed by atoms with Gasteiger partial charge in [-0.3, -0.25) is 9.78 Å². The van der Waals surface area contributed by atoms with Gasteiger partial charge >= 0.3 is 0 Å². The number of aromatic nitrogens is 2. The third kappa shape index (κ3) is 2.31. The van der Waals surface area contributed by atoms with Crippen LogP contribution in [0, 0.1) is 0 Å². The quantitative estimate of drug-likeness (QED) is 0.809. The SMILES string of the molecule is O=C(c1cncc(Br)n1)N1CCOc2ccccc21. The minimum atomic E-state index is -0.176. The third-order valence-electron chi connectivity index (χ3n) is 2.80. The van der Waals surface area contributed by atoms with Crippen molar-refractivity contribution in [3.63, 3.8) is 0 Å². The lowest BCUT2D eigenvalue weighted by Crippen LogP contribution is -2.38. The van der Waals surface area contributed by atoms with E-state index in [1.54, 1.807) is 11.1 Å². The summed E-state index contributed by atoms with van der Waals surface area (Å²) in [4.78, 5) is 22.2. The first-order valence-electron chi connectivity index (χ1n) is 5.77. The fourth-order valence-corrected chi connectivity index (χ4v) is 2.27. The van der Waals surface area contributed by atoms with E-state index in [1.807, 2.05) is 24.3 Å². The summed E-state index contributed by atoms with van der Waals surface area (Å²) < 4.78 is 6.07. The fourth-order valence-electron chi connectivity index (χ4n) is 1.96. The molecule has 0 saturated carbocycles. The van der Waals surface area contributed by atoms with Gasteiger partial charge in [-0.05, 0) is 28.1 Å². The molecule has 0 N–H and O–H groups in total. The molecule has 0 spiro atoms. The van der Waals surface area contributed by atoms with E-state index in [4.69, 9.17) is 4.74 Å². The Hall–Kier alpha value is -1.95. The van der Waals surface area contributed by atoms with Crippen LogP contribution < -0.4 is 9.64 Å². The Morgan fingerprint density at radius 3 is 3.00 bits per heavy atom. The molecule has 0 radical (unpaired) electrons. The molecule has 1 aliphatic rings. The summed E-state index contributed by atoms with van der Waals surface area (Å²) in [6.07, 6.45) is 3.01. The zero-order chi connectivity index (χ0) is 13.2. The normalized spacial score (nSPS) is 13.6. The third-order valence-corrected chi connectivity index (χ3v) is 3.18. The molecular formula is C13H10BrN3O2.